The second-order valence-corrected chi connectivity index (χ2v) is 7.42. The average Bonchev–Trinajstić information content (AvgIpc) is 2.31. The summed E-state index contributed by atoms with van der Waals surface area (Å²) >= 11 is 0. The summed E-state index contributed by atoms with van der Waals surface area (Å²) in [6.07, 6.45) is 6.21. The number of hydrogen-bond donors (Lipinski definition) is 0. The van der Waals surface area contributed by atoms with Crippen LogP contribution < -0.4 is 0 Å². The molecule has 1 aliphatic heterocycles. The van der Waals surface area contributed by atoms with Gasteiger partial charge in [-0.15, -0.1) is 0 Å². The number of amides is 1. The van der Waals surface area contributed by atoms with E-state index in [1.165, 1.54) is 25.8 Å². The zero-order valence-corrected chi connectivity index (χ0v) is 13.5. The van der Waals surface area contributed by atoms with Gasteiger partial charge in [0.15, 0.2) is 0 Å². The lowest BCUT2D eigenvalue weighted by molar-refractivity contribution is 0.0139. The lowest BCUT2D eigenvalue weighted by atomic mass is 9.84. The molecule has 0 aromatic rings. The number of ether oxygens (including phenoxy) is 1. The highest BCUT2D eigenvalue weighted by Crippen LogP contribution is 2.28. The summed E-state index contributed by atoms with van der Waals surface area (Å²) < 4.78 is 5.44. The maximum atomic E-state index is 12.1. The van der Waals surface area contributed by atoms with Gasteiger partial charge in [0.25, 0.3) is 0 Å². The highest BCUT2D eigenvalue weighted by Gasteiger charge is 2.29. The summed E-state index contributed by atoms with van der Waals surface area (Å²) in [5.41, 5.74) is -0.406. The topological polar surface area (TPSA) is 32.8 Å². The molecule has 1 amide bonds. The van der Waals surface area contributed by atoms with Gasteiger partial charge in [0, 0.05) is 32.7 Å². The van der Waals surface area contributed by atoms with Crippen LogP contribution in [0.25, 0.3) is 0 Å². The molecule has 1 aliphatic carbocycles. The van der Waals surface area contributed by atoms with E-state index < -0.39 is 5.60 Å². The molecule has 1 heterocycles. The van der Waals surface area contributed by atoms with Crippen molar-refractivity contribution in [1.82, 2.24) is 9.80 Å². The molecule has 1 saturated heterocycles. The molecule has 0 aromatic carbocycles. The zero-order chi connectivity index (χ0) is 14.8. The largest absolute Gasteiger partial charge is 0.444 e. The van der Waals surface area contributed by atoms with Gasteiger partial charge in [0.05, 0.1) is 0 Å². The van der Waals surface area contributed by atoms with Crippen LogP contribution in [0.15, 0.2) is 0 Å². The summed E-state index contributed by atoms with van der Waals surface area (Å²) in [7, 11) is 1.88. The lowest BCUT2D eigenvalue weighted by Crippen LogP contribution is -2.48. The van der Waals surface area contributed by atoms with Crippen LogP contribution in [0, 0.1) is 5.92 Å². The minimum atomic E-state index is -0.406. The predicted molar refractivity (Wildman–Crippen MR) is 80.8 cm³/mol. The summed E-state index contributed by atoms with van der Waals surface area (Å²) in [6, 6.07) is 0.336. The Morgan fingerprint density at radius 1 is 1.20 bits per heavy atom. The Morgan fingerprint density at radius 3 is 2.25 bits per heavy atom. The quantitative estimate of drug-likeness (QED) is 0.797. The van der Waals surface area contributed by atoms with E-state index in [0.717, 1.165) is 31.8 Å². The van der Waals surface area contributed by atoms with Crippen molar-refractivity contribution in [3.63, 3.8) is 0 Å². The third-order valence-corrected chi connectivity index (χ3v) is 4.53. The van der Waals surface area contributed by atoms with Crippen molar-refractivity contribution in [1.29, 1.82) is 0 Å². The van der Waals surface area contributed by atoms with Gasteiger partial charge in [0.2, 0.25) is 0 Å². The molecule has 0 spiro atoms. The summed E-state index contributed by atoms with van der Waals surface area (Å²) in [5.74, 6) is 0.940. The smallest absolute Gasteiger partial charge is 0.410 e. The highest BCUT2D eigenvalue weighted by atomic mass is 16.6. The maximum absolute atomic E-state index is 12.1. The molecule has 116 valence electrons. The number of rotatable bonds is 3. The minimum Gasteiger partial charge on any atom is -0.444 e. The number of carbonyl (C=O) groups excluding carboxylic acids is 1. The van der Waals surface area contributed by atoms with Gasteiger partial charge in [-0.2, -0.15) is 0 Å². The molecule has 0 aromatic heterocycles. The van der Waals surface area contributed by atoms with Crippen molar-refractivity contribution >= 4 is 6.09 Å². The Kier molecular flexibility index (Phi) is 4.95. The van der Waals surface area contributed by atoms with Crippen LogP contribution in [0.5, 0.6) is 0 Å². The zero-order valence-electron chi connectivity index (χ0n) is 13.5. The number of piperidine rings is 1. The second-order valence-electron chi connectivity index (χ2n) is 7.42. The van der Waals surface area contributed by atoms with Crippen molar-refractivity contribution in [2.75, 3.05) is 26.7 Å². The molecule has 1 saturated carbocycles. The van der Waals surface area contributed by atoms with Crippen molar-refractivity contribution < 1.29 is 9.53 Å². The molecule has 2 aliphatic rings. The van der Waals surface area contributed by atoms with Gasteiger partial charge in [-0.3, -0.25) is 0 Å². The van der Waals surface area contributed by atoms with E-state index in [9.17, 15) is 4.79 Å². The first-order valence-corrected chi connectivity index (χ1v) is 8.03. The first kappa shape index (κ1) is 15.6. The van der Waals surface area contributed by atoms with E-state index in [1.807, 2.05) is 27.8 Å². The first-order chi connectivity index (χ1) is 9.35. The highest BCUT2D eigenvalue weighted by molar-refractivity contribution is 5.68. The molecule has 0 radical (unpaired) electrons. The lowest BCUT2D eigenvalue weighted by Gasteiger charge is -2.39. The molecule has 4 heteroatoms. The summed E-state index contributed by atoms with van der Waals surface area (Å²) in [6.45, 7) is 9.26. The van der Waals surface area contributed by atoms with Gasteiger partial charge in [0.1, 0.15) is 5.60 Å². The Bertz CT molecular complexity index is 326. The second kappa shape index (κ2) is 6.33. The van der Waals surface area contributed by atoms with Crippen molar-refractivity contribution in [2.45, 2.75) is 64.5 Å². The number of hydrogen-bond acceptors (Lipinski definition) is 3. The molecule has 2 fully saturated rings. The molecular formula is C16H30N2O2. The fraction of sp³-hybridized carbons (Fsp3) is 0.938. The predicted octanol–water partition coefficient (Wildman–Crippen LogP) is 3.12. The molecule has 2 rings (SSSR count). The minimum absolute atomic E-state index is 0.185. The van der Waals surface area contributed by atoms with Gasteiger partial charge in [-0.1, -0.05) is 6.42 Å². The first-order valence-electron chi connectivity index (χ1n) is 8.03. The number of nitrogens with zero attached hydrogens (tertiary/aromatic N) is 2. The average molecular weight is 282 g/mol. The summed E-state index contributed by atoms with van der Waals surface area (Å²) in [5, 5.41) is 0. The molecule has 0 N–H and O–H groups in total. The molecule has 4 nitrogen and oxygen atoms in total. The van der Waals surface area contributed by atoms with Crippen LogP contribution in [0.2, 0.25) is 0 Å². The SMILES string of the molecule is CN(C(=O)OC(C)(C)C)C1CCN(CC2CCC2)CC1. The molecular weight excluding hydrogens is 252 g/mol. The molecule has 20 heavy (non-hydrogen) atoms. The van der Waals surface area contributed by atoms with Crippen LogP contribution in [-0.2, 0) is 4.74 Å². The van der Waals surface area contributed by atoms with E-state index in [2.05, 4.69) is 4.90 Å². The maximum Gasteiger partial charge on any atom is 0.410 e. The Hall–Kier alpha value is -0.770. The van der Waals surface area contributed by atoms with Crippen molar-refractivity contribution in [3.8, 4) is 0 Å². The van der Waals surface area contributed by atoms with Gasteiger partial charge in [-0.25, -0.2) is 4.79 Å². The van der Waals surface area contributed by atoms with Crippen LogP contribution >= 0.6 is 0 Å². The summed E-state index contributed by atoms with van der Waals surface area (Å²) in [4.78, 5) is 16.4. The molecule has 0 unspecified atom stereocenters. The van der Waals surface area contributed by atoms with E-state index in [4.69, 9.17) is 4.74 Å². The van der Waals surface area contributed by atoms with Crippen molar-refractivity contribution in [2.24, 2.45) is 5.92 Å². The van der Waals surface area contributed by atoms with E-state index in [-0.39, 0.29) is 6.09 Å². The standard InChI is InChI=1S/C16H30N2O2/c1-16(2,3)20-15(19)17(4)14-8-10-18(11-9-14)12-13-6-5-7-13/h13-14H,5-12H2,1-4H3. The molecule has 0 atom stereocenters. The van der Waals surface area contributed by atoms with Crippen LogP contribution in [0.4, 0.5) is 4.79 Å². The van der Waals surface area contributed by atoms with Crippen LogP contribution in [0.3, 0.4) is 0 Å². The van der Waals surface area contributed by atoms with Crippen LogP contribution in [-0.4, -0.2) is 54.2 Å². The third kappa shape index (κ3) is 4.37. The van der Waals surface area contributed by atoms with Crippen LogP contribution in [0.1, 0.15) is 52.9 Å². The fourth-order valence-corrected chi connectivity index (χ4v) is 3.01. The van der Waals surface area contributed by atoms with E-state index in [0.29, 0.717) is 6.04 Å². The monoisotopic (exact) mass is 282 g/mol. The van der Waals surface area contributed by atoms with Gasteiger partial charge >= 0.3 is 6.09 Å². The third-order valence-electron chi connectivity index (χ3n) is 4.53. The normalized spacial score (nSPS) is 22.4. The van der Waals surface area contributed by atoms with E-state index in [1.54, 1.807) is 4.90 Å². The van der Waals surface area contributed by atoms with E-state index >= 15 is 0 Å². The number of likely N-dealkylation sites (tertiary alicyclic amines) is 1. The molecule has 0 bridgehead atoms. The fourth-order valence-electron chi connectivity index (χ4n) is 3.01. The Labute approximate surface area is 123 Å². The Morgan fingerprint density at radius 2 is 1.80 bits per heavy atom. The van der Waals surface area contributed by atoms with Gasteiger partial charge in [-0.05, 0) is 52.4 Å². The van der Waals surface area contributed by atoms with Gasteiger partial charge < -0.3 is 14.5 Å². The number of carbonyl (C=O) groups is 1. The Balaban J connectivity index is 1.73. The van der Waals surface area contributed by atoms with Crippen molar-refractivity contribution in [3.05, 3.63) is 0 Å².